The topological polar surface area (TPSA) is 66.5 Å². The van der Waals surface area contributed by atoms with Crippen LogP contribution in [0.25, 0.3) is 0 Å². The third-order valence-electron chi connectivity index (χ3n) is 4.83. The van der Waals surface area contributed by atoms with Gasteiger partial charge in [0.2, 0.25) is 5.88 Å². The molecule has 0 saturated carbocycles. The van der Waals surface area contributed by atoms with Crippen LogP contribution in [0.2, 0.25) is 0 Å². The first-order valence-electron chi connectivity index (χ1n) is 8.99. The summed E-state index contributed by atoms with van der Waals surface area (Å²) >= 11 is 0. The van der Waals surface area contributed by atoms with Gasteiger partial charge in [0.25, 0.3) is 0 Å². The average molecular weight is 354 g/mol. The largest absolute Gasteiger partial charge is 0.480 e. The molecule has 1 aliphatic heterocycles. The summed E-state index contributed by atoms with van der Waals surface area (Å²) in [4.78, 5) is 18.5. The molecule has 2 aromatic rings. The maximum absolute atomic E-state index is 12.1. The molecule has 1 aromatic carbocycles. The number of carbonyl (C=O) groups is 1. The van der Waals surface area contributed by atoms with Gasteiger partial charge in [-0.1, -0.05) is 24.3 Å². The summed E-state index contributed by atoms with van der Waals surface area (Å²) < 4.78 is 5.13. The fraction of sp³-hybridized carbons (Fsp3) is 0.400. The zero-order chi connectivity index (χ0) is 18.4. The number of nitrogens with one attached hydrogen (secondary N) is 2. The van der Waals surface area contributed by atoms with Crippen LogP contribution in [0, 0.1) is 6.92 Å². The number of hydrogen-bond acceptors (Lipinski definition) is 4. The number of carbonyl (C=O) groups excluding carboxylic acids is 1. The van der Waals surface area contributed by atoms with E-state index in [2.05, 4.69) is 51.7 Å². The number of rotatable bonds is 6. The van der Waals surface area contributed by atoms with Crippen LogP contribution in [0.3, 0.4) is 0 Å². The predicted octanol–water partition coefficient (Wildman–Crippen LogP) is 3.01. The molecule has 138 valence electrons. The molecular formula is C20H26N4O2. The van der Waals surface area contributed by atoms with Crippen molar-refractivity contribution in [2.45, 2.75) is 19.3 Å². The number of nitrogens with zero attached hydrogens (tertiary/aromatic N) is 2. The summed E-state index contributed by atoms with van der Waals surface area (Å²) in [6.07, 6.45) is 2.80. The van der Waals surface area contributed by atoms with Gasteiger partial charge in [-0.2, -0.15) is 0 Å². The minimum absolute atomic E-state index is 0.244. The van der Waals surface area contributed by atoms with Crippen LogP contribution in [-0.4, -0.2) is 49.2 Å². The first-order chi connectivity index (χ1) is 12.7. The van der Waals surface area contributed by atoms with E-state index >= 15 is 0 Å². The first-order valence-corrected chi connectivity index (χ1v) is 8.99. The smallest absolute Gasteiger partial charge is 0.319 e. The van der Waals surface area contributed by atoms with Crippen LogP contribution >= 0.6 is 0 Å². The molecule has 2 amide bonds. The molecule has 6 nitrogen and oxygen atoms in total. The Balaban J connectivity index is 1.43. The lowest BCUT2D eigenvalue weighted by Crippen LogP contribution is -2.36. The molecule has 1 atom stereocenters. The van der Waals surface area contributed by atoms with Crippen molar-refractivity contribution in [2.24, 2.45) is 0 Å². The summed E-state index contributed by atoms with van der Waals surface area (Å²) in [7, 11) is 1.53. The van der Waals surface area contributed by atoms with E-state index in [-0.39, 0.29) is 6.03 Å². The maximum Gasteiger partial charge on any atom is 0.319 e. The zero-order valence-corrected chi connectivity index (χ0v) is 15.4. The van der Waals surface area contributed by atoms with E-state index in [1.54, 1.807) is 18.3 Å². The van der Waals surface area contributed by atoms with Crippen molar-refractivity contribution >= 4 is 11.7 Å². The molecule has 0 bridgehead atoms. The Morgan fingerprint density at radius 2 is 2.15 bits per heavy atom. The molecule has 1 fully saturated rings. The van der Waals surface area contributed by atoms with Crippen molar-refractivity contribution in [1.29, 1.82) is 0 Å². The number of hydrogen-bond donors (Lipinski definition) is 2. The van der Waals surface area contributed by atoms with Crippen LogP contribution in [0.15, 0.2) is 42.6 Å². The fourth-order valence-corrected chi connectivity index (χ4v) is 3.48. The van der Waals surface area contributed by atoms with Crippen LogP contribution in [0.1, 0.15) is 23.5 Å². The van der Waals surface area contributed by atoms with Crippen LogP contribution in [0.5, 0.6) is 5.88 Å². The molecule has 3 rings (SSSR count). The van der Waals surface area contributed by atoms with Gasteiger partial charge in [0.05, 0.1) is 7.11 Å². The molecule has 0 radical (unpaired) electrons. The van der Waals surface area contributed by atoms with Crippen molar-refractivity contribution in [2.75, 3.05) is 38.6 Å². The van der Waals surface area contributed by atoms with E-state index in [1.807, 2.05) is 0 Å². The molecule has 2 heterocycles. The molecular weight excluding hydrogens is 328 g/mol. The van der Waals surface area contributed by atoms with E-state index in [0.717, 1.165) is 19.6 Å². The van der Waals surface area contributed by atoms with E-state index in [9.17, 15) is 4.79 Å². The second-order valence-electron chi connectivity index (χ2n) is 6.58. The molecule has 0 aliphatic carbocycles. The molecule has 6 heteroatoms. The highest BCUT2D eigenvalue weighted by atomic mass is 16.5. The minimum Gasteiger partial charge on any atom is -0.480 e. The van der Waals surface area contributed by atoms with Gasteiger partial charge in [-0.15, -0.1) is 0 Å². The Morgan fingerprint density at radius 1 is 1.31 bits per heavy atom. The number of likely N-dealkylation sites (tertiary alicyclic amines) is 1. The first kappa shape index (κ1) is 18.2. The molecule has 1 aromatic heterocycles. The SMILES string of the molecule is COc1ncccc1NC(=O)NCCN1CC[C@H](c2ccccc2C)C1. The Kier molecular flexibility index (Phi) is 6.07. The van der Waals surface area contributed by atoms with E-state index in [4.69, 9.17) is 4.74 Å². The summed E-state index contributed by atoms with van der Waals surface area (Å²) in [6, 6.07) is 11.9. The zero-order valence-electron chi connectivity index (χ0n) is 15.4. The normalized spacial score (nSPS) is 17.1. The number of aryl methyl sites for hydroxylation is 1. The van der Waals surface area contributed by atoms with Crippen molar-refractivity contribution in [3.05, 3.63) is 53.7 Å². The number of pyridine rings is 1. The highest BCUT2D eigenvalue weighted by molar-refractivity contribution is 5.90. The van der Waals surface area contributed by atoms with Gasteiger partial charge < -0.3 is 20.3 Å². The Morgan fingerprint density at radius 3 is 2.96 bits per heavy atom. The average Bonchev–Trinajstić information content (AvgIpc) is 3.11. The Bertz CT molecular complexity index is 750. The summed E-state index contributed by atoms with van der Waals surface area (Å²) in [5, 5.41) is 5.67. The standard InChI is InChI=1S/C20H26N4O2/c1-15-6-3-4-7-17(15)16-9-12-24(14-16)13-11-22-20(25)23-18-8-5-10-21-19(18)26-2/h3-8,10,16H,9,11-14H2,1-2H3,(H2,22,23,25)/t16-/m0/s1. The van der Waals surface area contributed by atoms with Gasteiger partial charge >= 0.3 is 6.03 Å². The Hall–Kier alpha value is -2.60. The monoisotopic (exact) mass is 354 g/mol. The lowest BCUT2D eigenvalue weighted by Gasteiger charge is -2.17. The molecule has 1 saturated heterocycles. The summed E-state index contributed by atoms with van der Waals surface area (Å²) in [6.45, 7) is 5.74. The Labute approximate surface area is 154 Å². The quantitative estimate of drug-likeness (QED) is 0.837. The van der Waals surface area contributed by atoms with Crippen LogP contribution < -0.4 is 15.4 Å². The molecule has 2 N–H and O–H groups in total. The van der Waals surface area contributed by atoms with Gasteiger partial charge in [0.15, 0.2) is 0 Å². The lowest BCUT2D eigenvalue weighted by molar-refractivity contribution is 0.249. The number of ether oxygens (including phenoxy) is 1. The van der Waals surface area contributed by atoms with Crippen molar-refractivity contribution in [3.63, 3.8) is 0 Å². The van der Waals surface area contributed by atoms with Crippen LogP contribution in [-0.2, 0) is 0 Å². The highest BCUT2D eigenvalue weighted by Gasteiger charge is 2.24. The van der Waals surface area contributed by atoms with E-state index in [1.165, 1.54) is 24.7 Å². The summed E-state index contributed by atoms with van der Waals surface area (Å²) in [5.41, 5.74) is 3.37. The lowest BCUT2D eigenvalue weighted by atomic mass is 9.94. The van der Waals surface area contributed by atoms with Gasteiger partial charge in [-0.3, -0.25) is 0 Å². The number of urea groups is 1. The number of methoxy groups -OCH3 is 1. The maximum atomic E-state index is 12.1. The second kappa shape index (κ2) is 8.67. The minimum atomic E-state index is -0.244. The number of benzene rings is 1. The molecule has 0 unspecified atom stereocenters. The third kappa shape index (κ3) is 4.52. The fourth-order valence-electron chi connectivity index (χ4n) is 3.48. The van der Waals surface area contributed by atoms with Gasteiger partial charge in [0.1, 0.15) is 5.69 Å². The van der Waals surface area contributed by atoms with Crippen LogP contribution in [0.4, 0.5) is 10.5 Å². The number of aromatic nitrogens is 1. The van der Waals surface area contributed by atoms with Crippen molar-refractivity contribution < 1.29 is 9.53 Å². The molecule has 0 spiro atoms. The highest BCUT2D eigenvalue weighted by Crippen LogP contribution is 2.28. The third-order valence-corrected chi connectivity index (χ3v) is 4.83. The van der Waals surface area contributed by atoms with Gasteiger partial charge in [0, 0.05) is 25.8 Å². The predicted molar refractivity (Wildman–Crippen MR) is 103 cm³/mol. The van der Waals surface area contributed by atoms with E-state index in [0.29, 0.717) is 24.0 Å². The van der Waals surface area contributed by atoms with Gasteiger partial charge in [-0.25, -0.2) is 9.78 Å². The number of anilines is 1. The van der Waals surface area contributed by atoms with Crippen molar-refractivity contribution in [1.82, 2.24) is 15.2 Å². The molecule has 1 aliphatic rings. The van der Waals surface area contributed by atoms with Crippen molar-refractivity contribution in [3.8, 4) is 5.88 Å². The number of amides is 2. The van der Waals surface area contributed by atoms with E-state index < -0.39 is 0 Å². The van der Waals surface area contributed by atoms with Gasteiger partial charge in [-0.05, 0) is 49.1 Å². The second-order valence-corrected chi connectivity index (χ2v) is 6.58. The summed E-state index contributed by atoms with van der Waals surface area (Å²) in [5.74, 6) is 0.993. The molecule has 26 heavy (non-hydrogen) atoms.